The van der Waals surface area contributed by atoms with Crippen LogP contribution in [0, 0.1) is 24.2 Å². The number of benzene rings is 3. The summed E-state index contributed by atoms with van der Waals surface area (Å²) in [6, 6.07) is 21.5. The molecule has 0 aliphatic carbocycles. The molecule has 55 heavy (non-hydrogen) atoms. The Bertz CT molecular complexity index is 2160. The Hall–Kier alpha value is -5.34. The monoisotopic (exact) mass is 738 g/mol. The van der Waals surface area contributed by atoms with Gasteiger partial charge in [0.05, 0.1) is 11.1 Å². The lowest BCUT2D eigenvalue weighted by Crippen LogP contribution is -2.52. The number of H-pyrrole nitrogens is 1. The zero-order chi connectivity index (χ0) is 37.6. The largest absolute Gasteiger partial charge is 0.372 e. The van der Waals surface area contributed by atoms with E-state index in [0.29, 0.717) is 30.4 Å². The number of carbonyl (C=O) groups excluding carboxylic acids is 3. The topological polar surface area (TPSA) is 119 Å². The highest BCUT2D eigenvalue weighted by Crippen LogP contribution is 2.37. The normalized spacial score (nSPS) is 22.7. The van der Waals surface area contributed by atoms with E-state index in [1.54, 1.807) is 4.90 Å². The van der Waals surface area contributed by atoms with Crippen LogP contribution in [0.5, 0.6) is 0 Å². The van der Waals surface area contributed by atoms with E-state index in [2.05, 4.69) is 85.4 Å². The first-order chi connectivity index (χ1) is 26.8. The summed E-state index contributed by atoms with van der Waals surface area (Å²) < 4.78 is 0. The second-order valence-corrected chi connectivity index (χ2v) is 16.3. The van der Waals surface area contributed by atoms with E-state index in [9.17, 15) is 19.6 Å². The molecule has 2 atom stereocenters. The van der Waals surface area contributed by atoms with Crippen LogP contribution in [0.3, 0.4) is 0 Å². The summed E-state index contributed by atoms with van der Waals surface area (Å²) >= 11 is 0. The minimum Gasteiger partial charge on any atom is -0.372 e. The highest BCUT2D eigenvalue weighted by molar-refractivity contribution is 6.05. The van der Waals surface area contributed by atoms with Crippen molar-refractivity contribution in [2.24, 2.45) is 5.92 Å². The minimum atomic E-state index is -0.584. The van der Waals surface area contributed by atoms with Gasteiger partial charge in [0.25, 0.3) is 5.91 Å². The van der Waals surface area contributed by atoms with Crippen LogP contribution >= 0.6 is 0 Å². The highest BCUT2D eigenvalue weighted by atomic mass is 16.2. The van der Waals surface area contributed by atoms with Crippen molar-refractivity contribution in [2.45, 2.75) is 64.0 Å². The number of piperidine rings is 3. The Balaban J connectivity index is 0.745. The molecule has 3 aromatic carbocycles. The number of imide groups is 1. The molecule has 4 aromatic rings. The number of anilines is 3. The molecule has 5 aliphatic heterocycles. The van der Waals surface area contributed by atoms with Crippen LogP contribution in [0.1, 0.15) is 77.1 Å². The number of nitriles is 1. The Morgan fingerprint density at radius 3 is 2.27 bits per heavy atom. The first kappa shape index (κ1) is 35.4. The van der Waals surface area contributed by atoms with Gasteiger partial charge in [0.1, 0.15) is 12.1 Å². The van der Waals surface area contributed by atoms with Crippen molar-refractivity contribution in [3.63, 3.8) is 0 Å². The molecule has 0 spiro atoms. The fourth-order valence-electron chi connectivity index (χ4n) is 9.90. The Morgan fingerprint density at radius 1 is 0.800 bits per heavy atom. The number of aryl methyl sites for hydroxylation is 1. The maximum absolute atomic E-state index is 13.1. The number of nitrogens with one attached hydrogen (secondary N) is 2. The molecule has 4 saturated heterocycles. The number of carbonyl (C=O) groups is 3. The number of fused-ring (bicyclic) bond motifs is 2. The minimum absolute atomic E-state index is 0.120. The molecular formula is C44H50N8O3. The molecule has 284 valence electrons. The first-order valence-corrected chi connectivity index (χ1v) is 20.2. The maximum atomic E-state index is 13.1. The van der Waals surface area contributed by atoms with E-state index in [4.69, 9.17) is 0 Å². The van der Waals surface area contributed by atoms with Crippen LogP contribution in [0.4, 0.5) is 17.1 Å². The summed E-state index contributed by atoms with van der Waals surface area (Å²) in [5, 5.41) is 13.1. The number of piperazine rings is 1. The predicted octanol–water partition coefficient (Wildman–Crippen LogP) is 5.53. The summed E-state index contributed by atoms with van der Waals surface area (Å²) in [6.07, 6.45) is 7.22. The summed E-state index contributed by atoms with van der Waals surface area (Å²) in [4.78, 5) is 52.4. The van der Waals surface area contributed by atoms with Crippen LogP contribution in [0.2, 0.25) is 0 Å². The van der Waals surface area contributed by atoms with Crippen molar-refractivity contribution >= 4 is 45.7 Å². The summed E-state index contributed by atoms with van der Waals surface area (Å²) in [5.41, 5.74) is 9.71. The van der Waals surface area contributed by atoms with Crippen molar-refractivity contribution in [2.75, 3.05) is 73.6 Å². The number of hydrogen-bond donors (Lipinski definition) is 2. The van der Waals surface area contributed by atoms with Crippen LogP contribution in [0.25, 0.3) is 10.9 Å². The molecule has 1 aromatic heterocycles. The van der Waals surface area contributed by atoms with Gasteiger partial charge in [-0.3, -0.25) is 24.6 Å². The van der Waals surface area contributed by atoms with Crippen molar-refractivity contribution in [1.29, 1.82) is 5.26 Å². The van der Waals surface area contributed by atoms with Crippen molar-refractivity contribution in [1.82, 2.24) is 20.1 Å². The standard InChI is InChI=1S/C44H50N8O3/c1-29-4-10-37(42-41(29)33(24-45)25-46-42)31-3-2-16-51(27-31)35-7-5-34(6-8-35)49-17-14-30(15-18-49)26-48-19-21-50(22-20-48)36-9-11-38-32(23-36)28-52(44(38)55)39-12-13-40(53)47-43(39)54/h4-11,23,25,30-31,39,46H,2-3,12-22,26-28H2,1H3,(H,47,53,54)/t31-,39?/m0/s1. The molecule has 3 amide bonds. The molecule has 1 unspecified atom stereocenters. The van der Waals surface area contributed by atoms with Gasteiger partial charge in [0.2, 0.25) is 11.8 Å². The molecule has 9 rings (SSSR count). The summed E-state index contributed by atoms with van der Waals surface area (Å²) in [6.45, 7) is 11.8. The lowest BCUT2D eigenvalue weighted by Gasteiger charge is -2.40. The number of hydrogen-bond acceptors (Lipinski definition) is 8. The highest BCUT2D eigenvalue weighted by Gasteiger charge is 2.39. The average Bonchev–Trinajstić information content (AvgIpc) is 3.80. The van der Waals surface area contributed by atoms with Crippen molar-refractivity contribution in [3.05, 3.63) is 88.6 Å². The van der Waals surface area contributed by atoms with E-state index in [-0.39, 0.29) is 24.1 Å². The van der Waals surface area contributed by atoms with Gasteiger partial charge in [-0.15, -0.1) is 0 Å². The third-order valence-electron chi connectivity index (χ3n) is 13.0. The summed E-state index contributed by atoms with van der Waals surface area (Å²) in [7, 11) is 0. The van der Waals surface area contributed by atoms with Gasteiger partial charge in [-0.05, 0) is 104 Å². The number of aromatic amines is 1. The second-order valence-electron chi connectivity index (χ2n) is 16.3. The zero-order valence-corrected chi connectivity index (χ0v) is 31.7. The van der Waals surface area contributed by atoms with Crippen LogP contribution in [-0.4, -0.2) is 97.4 Å². The summed E-state index contributed by atoms with van der Waals surface area (Å²) in [5.74, 6) is 0.373. The molecule has 5 aliphatic rings. The van der Waals surface area contributed by atoms with Gasteiger partial charge in [-0.1, -0.05) is 12.1 Å². The quantitative estimate of drug-likeness (QED) is 0.238. The molecule has 4 fully saturated rings. The van der Waals surface area contributed by atoms with Crippen LogP contribution in [0.15, 0.2) is 60.8 Å². The van der Waals surface area contributed by atoms with Crippen LogP contribution < -0.4 is 20.0 Å². The fourth-order valence-corrected chi connectivity index (χ4v) is 9.90. The van der Waals surface area contributed by atoms with Gasteiger partial charge >= 0.3 is 0 Å². The lowest BCUT2D eigenvalue weighted by molar-refractivity contribution is -0.136. The van der Waals surface area contributed by atoms with Crippen LogP contribution in [-0.2, 0) is 16.1 Å². The van der Waals surface area contributed by atoms with E-state index in [1.807, 2.05) is 18.3 Å². The number of aromatic nitrogens is 1. The molecular weight excluding hydrogens is 689 g/mol. The predicted molar refractivity (Wildman–Crippen MR) is 214 cm³/mol. The molecule has 0 radical (unpaired) electrons. The van der Waals surface area contributed by atoms with Gasteiger partial charge in [-0.25, -0.2) is 0 Å². The molecule has 0 bridgehead atoms. The van der Waals surface area contributed by atoms with Gasteiger partial charge in [0.15, 0.2) is 0 Å². The third kappa shape index (κ3) is 6.82. The van der Waals surface area contributed by atoms with Gasteiger partial charge < -0.3 is 24.6 Å². The Kier molecular flexibility index (Phi) is 9.46. The van der Waals surface area contributed by atoms with Gasteiger partial charge in [0, 0.05) is 112 Å². The molecule has 2 N–H and O–H groups in total. The smallest absolute Gasteiger partial charge is 0.255 e. The zero-order valence-electron chi connectivity index (χ0n) is 31.7. The SMILES string of the molecule is Cc1ccc([C@H]2CCCN(c3ccc(N4CCC(CN5CCN(c6ccc7c(c6)CN(C6CCC(=O)NC6=O)C7=O)CC5)CC4)cc3)C2)c2[nH]cc(C#N)c12. The number of rotatable bonds is 7. The van der Waals surface area contributed by atoms with E-state index in [1.165, 1.54) is 29.8 Å². The molecule has 11 nitrogen and oxygen atoms in total. The molecule has 0 saturated carbocycles. The van der Waals surface area contributed by atoms with E-state index >= 15 is 0 Å². The Morgan fingerprint density at radius 2 is 1.53 bits per heavy atom. The number of nitrogens with zero attached hydrogens (tertiary/aromatic N) is 6. The van der Waals surface area contributed by atoms with Crippen molar-refractivity contribution < 1.29 is 14.4 Å². The fraction of sp³-hybridized carbons (Fsp3) is 0.455. The molecule has 6 heterocycles. The van der Waals surface area contributed by atoms with E-state index in [0.717, 1.165) is 105 Å². The van der Waals surface area contributed by atoms with E-state index < -0.39 is 6.04 Å². The maximum Gasteiger partial charge on any atom is 0.255 e. The Labute approximate surface area is 322 Å². The first-order valence-electron chi connectivity index (χ1n) is 20.2. The molecule has 11 heteroatoms. The second kappa shape index (κ2) is 14.7. The average molecular weight is 739 g/mol. The van der Waals surface area contributed by atoms with Gasteiger partial charge in [-0.2, -0.15) is 5.26 Å². The van der Waals surface area contributed by atoms with Crippen molar-refractivity contribution in [3.8, 4) is 6.07 Å². The lowest BCUT2D eigenvalue weighted by atomic mass is 9.88. The number of amides is 3. The third-order valence-corrected chi connectivity index (χ3v) is 13.0.